The zero-order valence-electron chi connectivity index (χ0n) is 15.3. The van der Waals surface area contributed by atoms with E-state index in [0.717, 1.165) is 37.3 Å². The Morgan fingerprint density at radius 1 is 1.29 bits per heavy atom. The van der Waals surface area contributed by atoms with Gasteiger partial charge in [0, 0.05) is 42.4 Å². The van der Waals surface area contributed by atoms with Crippen LogP contribution >= 0.6 is 11.6 Å². The second kappa shape index (κ2) is 7.71. The van der Waals surface area contributed by atoms with Crippen LogP contribution in [0.15, 0.2) is 24.7 Å². The van der Waals surface area contributed by atoms with Gasteiger partial charge in [0.25, 0.3) is 0 Å². The highest BCUT2D eigenvalue weighted by Gasteiger charge is 2.24. The predicted molar refractivity (Wildman–Crippen MR) is 106 cm³/mol. The zero-order chi connectivity index (χ0) is 19.7. The lowest BCUT2D eigenvalue weighted by Gasteiger charge is -2.30. The van der Waals surface area contributed by atoms with Crippen molar-refractivity contribution in [2.24, 2.45) is 0 Å². The summed E-state index contributed by atoms with van der Waals surface area (Å²) < 4.78 is 14.4. The number of nitrogens with one attached hydrogen (secondary N) is 3. The molecule has 7 nitrogen and oxygen atoms in total. The Bertz CT molecular complexity index is 1020. The van der Waals surface area contributed by atoms with Crippen LogP contribution in [0.4, 0.5) is 10.2 Å². The molecule has 146 valence electrons. The van der Waals surface area contributed by atoms with Gasteiger partial charge in [-0.1, -0.05) is 11.6 Å². The maximum absolute atomic E-state index is 14.4. The van der Waals surface area contributed by atoms with Gasteiger partial charge in [-0.05, 0) is 31.7 Å². The number of pyridine rings is 1. The molecule has 28 heavy (non-hydrogen) atoms. The summed E-state index contributed by atoms with van der Waals surface area (Å²) in [6.07, 6.45) is 7.95. The molecule has 0 radical (unpaired) electrons. The van der Waals surface area contributed by atoms with Crippen LogP contribution in [0.25, 0.3) is 22.4 Å². The van der Waals surface area contributed by atoms with Crippen LogP contribution < -0.4 is 10.6 Å². The lowest BCUT2D eigenvalue weighted by molar-refractivity contribution is -0.119. The molecule has 2 atom stereocenters. The van der Waals surface area contributed by atoms with Crippen LogP contribution in [0.2, 0.25) is 5.02 Å². The standard InChI is InChI=1S/C19H20ClFN6O/c1-10(28)25-12-3-2-4-13(6-12)26-19-16(21)9-24-18(27-19)15-8-23-17-14(15)5-11(20)7-22-17/h5,7-9,12-13H,2-4,6H2,1H3,(H,22,23)(H,25,28)(H,24,26,27). The summed E-state index contributed by atoms with van der Waals surface area (Å²) in [5.74, 6) is -0.0228. The molecule has 0 spiro atoms. The van der Waals surface area contributed by atoms with Gasteiger partial charge in [-0.2, -0.15) is 0 Å². The van der Waals surface area contributed by atoms with Crippen molar-refractivity contribution in [1.29, 1.82) is 0 Å². The van der Waals surface area contributed by atoms with Crippen molar-refractivity contribution >= 4 is 34.4 Å². The van der Waals surface area contributed by atoms with E-state index in [1.54, 1.807) is 18.5 Å². The second-order valence-electron chi connectivity index (χ2n) is 7.05. The van der Waals surface area contributed by atoms with E-state index >= 15 is 0 Å². The smallest absolute Gasteiger partial charge is 0.217 e. The number of halogens is 2. The fourth-order valence-corrected chi connectivity index (χ4v) is 3.85. The molecular formula is C19H20ClFN6O. The van der Waals surface area contributed by atoms with Gasteiger partial charge < -0.3 is 15.6 Å². The Balaban J connectivity index is 1.59. The zero-order valence-corrected chi connectivity index (χ0v) is 16.1. The number of carbonyl (C=O) groups excluding carboxylic acids is 1. The number of carbonyl (C=O) groups is 1. The van der Waals surface area contributed by atoms with E-state index in [9.17, 15) is 9.18 Å². The predicted octanol–water partition coefficient (Wildman–Crippen LogP) is 3.67. The van der Waals surface area contributed by atoms with E-state index in [1.807, 2.05) is 0 Å². The van der Waals surface area contributed by atoms with Gasteiger partial charge in [-0.25, -0.2) is 19.3 Å². The first-order valence-corrected chi connectivity index (χ1v) is 9.56. The largest absolute Gasteiger partial charge is 0.365 e. The van der Waals surface area contributed by atoms with Crippen LogP contribution in [-0.4, -0.2) is 37.9 Å². The van der Waals surface area contributed by atoms with E-state index in [4.69, 9.17) is 11.6 Å². The first kappa shape index (κ1) is 18.6. The second-order valence-corrected chi connectivity index (χ2v) is 7.48. The molecule has 3 heterocycles. The molecular weight excluding hydrogens is 383 g/mol. The summed E-state index contributed by atoms with van der Waals surface area (Å²) in [6, 6.07) is 1.89. The third-order valence-corrected chi connectivity index (χ3v) is 5.11. The monoisotopic (exact) mass is 402 g/mol. The lowest BCUT2D eigenvalue weighted by Crippen LogP contribution is -2.41. The Labute approximate surface area is 166 Å². The summed E-state index contributed by atoms with van der Waals surface area (Å²) in [7, 11) is 0. The molecule has 1 amide bonds. The fourth-order valence-electron chi connectivity index (χ4n) is 3.69. The van der Waals surface area contributed by atoms with Crippen molar-refractivity contribution in [3.8, 4) is 11.4 Å². The van der Waals surface area contributed by atoms with Crippen LogP contribution in [0.5, 0.6) is 0 Å². The number of anilines is 1. The van der Waals surface area contributed by atoms with E-state index in [2.05, 4.69) is 30.6 Å². The molecule has 0 aromatic carbocycles. The molecule has 0 bridgehead atoms. The van der Waals surface area contributed by atoms with Gasteiger partial charge >= 0.3 is 0 Å². The Hall–Kier alpha value is -2.74. The number of nitrogens with zero attached hydrogens (tertiary/aromatic N) is 3. The molecule has 1 fully saturated rings. The number of aromatic nitrogens is 4. The molecule has 4 rings (SSSR count). The topological polar surface area (TPSA) is 95.6 Å². The first-order chi connectivity index (χ1) is 13.5. The quantitative estimate of drug-likeness (QED) is 0.618. The van der Waals surface area contributed by atoms with E-state index < -0.39 is 5.82 Å². The van der Waals surface area contributed by atoms with Gasteiger partial charge in [-0.15, -0.1) is 0 Å². The molecule has 3 N–H and O–H groups in total. The maximum Gasteiger partial charge on any atom is 0.217 e. The minimum atomic E-state index is -0.513. The third kappa shape index (κ3) is 3.91. The van der Waals surface area contributed by atoms with Crippen LogP contribution in [0, 0.1) is 5.82 Å². The molecule has 1 aliphatic rings. The number of H-pyrrole nitrogens is 1. The number of hydrogen-bond acceptors (Lipinski definition) is 5. The summed E-state index contributed by atoms with van der Waals surface area (Å²) in [5.41, 5.74) is 1.36. The number of fused-ring (bicyclic) bond motifs is 1. The molecule has 2 unspecified atom stereocenters. The first-order valence-electron chi connectivity index (χ1n) is 9.19. The van der Waals surface area contributed by atoms with Crippen molar-refractivity contribution in [2.45, 2.75) is 44.7 Å². The van der Waals surface area contributed by atoms with Crippen molar-refractivity contribution in [2.75, 3.05) is 5.32 Å². The van der Waals surface area contributed by atoms with E-state index in [0.29, 0.717) is 22.1 Å². The van der Waals surface area contributed by atoms with E-state index in [1.165, 1.54) is 6.92 Å². The van der Waals surface area contributed by atoms with Gasteiger partial charge in [0.15, 0.2) is 17.5 Å². The fraction of sp³-hybridized carbons (Fsp3) is 0.368. The van der Waals surface area contributed by atoms with Gasteiger partial charge in [0.05, 0.1) is 11.2 Å². The average molecular weight is 403 g/mol. The molecule has 1 aliphatic carbocycles. The Morgan fingerprint density at radius 3 is 2.93 bits per heavy atom. The van der Waals surface area contributed by atoms with Crippen molar-refractivity contribution < 1.29 is 9.18 Å². The SMILES string of the molecule is CC(=O)NC1CCCC(Nc2nc(-c3c[nH]c4ncc(Cl)cc34)ncc2F)C1. The number of amides is 1. The minimum absolute atomic E-state index is 0.0296. The number of hydrogen-bond donors (Lipinski definition) is 3. The van der Waals surface area contributed by atoms with Gasteiger partial charge in [0.1, 0.15) is 5.65 Å². The molecule has 3 aromatic heterocycles. The van der Waals surface area contributed by atoms with Crippen LogP contribution in [-0.2, 0) is 4.79 Å². The lowest BCUT2D eigenvalue weighted by atomic mass is 9.91. The van der Waals surface area contributed by atoms with E-state index in [-0.39, 0.29) is 23.8 Å². The number of rotatable bonds is 4. The van der Waals surface area contributed by atoms with Crippen molar-refractivity contribution in [3.63, 3.8) is 0 Å². The van der Waals surface area contributed by atoms with Crippen LogP contribution in [0.3, 0.4) is 0 Å². The third-order valence-electron chi connectivity index (χ3n) is 4.91. The highest BCUT2D eigenvalue weighted by Crippen LogP contribution is 2.29. The van der Waals surface area contributed by atoms with Crippen molar-refractivity contribution in [3.05, 3.63) is 35.5 Å². The molecule has 3 aromatic rings. The molecule has 9 heteroatoms. The van der Waals surface area contributed by atoms with Crippen LogP contribution in [0.1, 0.15) is 32.6 Å². The van der Waals surface area contributed by atoms with Gasteiger partial charge in [-0.3, -0.25) is 4.79 Å². The summed E-state index contributed by atoms with van der Waals surface area (Å²) in [6.45, 7) is 1.51. The summed E-state index contributed by atoms with van der Waals surface area (Å²) >= 11 is 6.05. The van der Waals surface area contributed by atoms with Gasteiger partial charge in [0.2, 0.25) is 5.91 Å². The maximum atomic E-state index is 14.4. The summed E-state index contributed by atoms with van der Waals surface area (Å²) in [5, 5.41) is 7.40. The Morgan fingerprint density at radius 2 is 2.11 bits per heavy atom. The normalized spacial score (nSPS) is 19.5. The highest BCUT2D eigenvalue weighted by molar-refractivity contribution is 6.31. The molecule has 1 saturated carbocycles. The summed E-state index contributed by atoms with van der Waals surface area (Å²) in [4.78, 5) is 27.1. The van der Waals surface area contributed by atoms with Crippen molar-refractivity contribution in [1.82, 2.24) is 25.3 Å². The molecule has 0 aliphatic heterocycles. The molecule has 0 saturated heterocycles. The highest BCUT2D eigenvalue weighted by atomic mass is 35.5. The number of aromatic amines is 1. The average Bonchev–Trinajstić information content (AvgIpc) is 3.06. The minimum Gasteiger partial charge on any atom is -0.365 e. The Kier molecular flexibility index (Phi) is 5.13.